The highest BCUT2D eigenvalue weighted by atomic mass is 32.2. The number of carbonyl (C=O) groups excluding carboxylic acids is 1. The molecule has 0 aromatic heterocycles. The van der Waals surface area contributed by atoms with Crippen LogP contribution in [0.5, 0.6) is 0 Å². The number of aliphatic imine (C=N–C) groups is 1. The summed E-state index contributed by atoms with van der Waals surface area (Å²) in [7, 11) is -2.36. The molecule has 0 bridgehead atoms. The minimum atomic E-state index is -2.36. The summed E-state index contributed by atoms with van der Waals surface area (Å²) >= 11 is 0. The van der Waals surface area contributed by atoms with E-state index in [0.29, 0.717) is 5.70 Å². The quantitative estimate of drug-likeness (QED) is 0.538. The number of hydrogen-bond acceptors (Lipinski definition) is 3. The molecule has 0 unspecified atom stereocenters. The number of fused-ring (bicyclic) bond motifs is 1. The molecule has 2 rings (SSSR count). The molecule has 0 aromatic carbocycles. The van der Waals surface area contributed by atoms with Gasteiger partial charge in [-0.1, -0.05) is 6.08 Å². The van der Waals surface area contributed by atoms with Gasteiger partial charge in [0, 0.05) is 0 Å². The first-order valence-corrected chi connectivity index (χ1v) is 4.51. The van der Waals surface area contributed by atoms with Crippen molar-refractivity contribution in [2.75, 3.05) is 0 Å². The molecule has 66 valence electrons. The summed E-state index contributed by atoms with van der Waals surface area (Å²) in [5, 5.41) is 2.41. The molecule has 1 heterocycles. The molecule has 13 heavy (non-hydrogen) atoms. The van der Waals surface area contributed by atoms with Gasteiger partial charge in [-0.05, 0) is 12.2 Å². The fourth-order valence-corrected chi connectivity index (χ4v) is 1.62. The van der Waals surface area contributed by atoms with Crippen molar-refractivity contribution in [1.29, 1.82) is 0 Å². The number of amides is 2. The van der Waals surface area contributed by atoms with Crippen LogP contribution in [0.4, 0.5) is 4.79 Å². The zero-order chi connectivity index (χ0) is 9.42. The van der Waals surface area contributed by atoms with E-state index in [9.17, 15) is 13.2 Å². The summed E-state index contributed by atoms with van der Waals surface area (Å²) in [5.41, 5.74) is 0.632. The molecule has 5 nitrogen and oxygen atoms in total. The first-order chi connectivity index (χ1) is 6.18. The van der Waals surface area contributed by atoms with Gasteiger partial charge in [-0.25, -0.2) is 4.79 Å². The maximum Gasteiger partial charge on any atom is 0.346 e. The van der Waals surface area contributed by atoms with Crippen molar-refractivity contribution in [2.45, 2.75) is 0 Å². The van der Waals surface area contributed by atoms with E-state index >= 15 is 0 Å². The topological polar surface area (TPSA) is 75.6 Å². The van der Waals surface area contributed by atoms with Gasteiger partial charge in [0.2, 0.25) is 10.3 Å². The normalized spacial score (nSPS) is 19.1. The first-order valence-electron chi connectivity index (χ1n) is 3.43. The number of nitrogens with zero attached hydrogens (tertiary/aromatic N) is 1. The third-order valence-corrected chi connectivity index (χ3v) is 2.32. The molecule has 0 radical (unpaired) electrons. The average Bonchev–Trinajstić information content (AvgIpc) is 2.43. The molecule has 0 spiro atoms. The molecule has 1 aliphatic carbocycles. The SMILES string of the molecule is O=C1N=C2C(=CC=CC2=S(=O)=O)N1. The second-order valence-electron chi connectivity index (χ2n) is 2.43. The van der Waals surface area contributed by atoms with Gasteiger partial charge >= 0.3 is 6.03 Å². The van der Waals surface area contributed by atoms with Crippen molar-refractivity contribution in [1.82, 2.24) is 5.32 Å². The Hall–Kier alpha value is -1.69. The predicted molar refractivity (Wildman–Crippen MR) is 47.1 cm³/mol. The summed E-state index contributed by atoms with van der Waals surface area (Å²) in [6, 6.07) is -0.534. The van der Waals surface area contributed by atoms with Crippen LogP contribution in [-0.4, -0.2) is 25.0 Å². The fourth-order valence-electron chi connectivity index (χ4n) is 1.12. The fraction of sp³-hybridized carbons (Fsp3) is 0. The summed E-state index contributed by atoms with van der Waals surface area (Å²) < 4.78 is 21.3. The van der Waals surface area contributed by atoms with E-state index in [4.69, 9.17) is 0 Å². The van der Waals surface area contributed by atoms with Crippen LogP contribution in [0.1, 0.15) is 0 Å². The Labute approximate surface area is 75.0 Å². The Balaban J connectivity index is 2.68. The monoisotopic (exact) mass is 196 g/mol. The van der Waals surface area contributed by atoms with E-state index in [2.05, 4.69) is 10.3 Å². The Bertz CT molecular complexity index is 500. The van der Waals surface area contributed by atoms with E-state index in [1.54, 1.807) is 12.2 Å². The Morgan fingerprint density at radius 3 is 2.85 bits per heavy atom. The molecule has 2 aliphatic rings. The van der Waals surface area contributed by atoms with Crippen molar-refractivity contribution in [3.63, 3.8) is 0 Å². The highest BCUT2D eigenvalue weighted by Gasteiger charge is 2.24. The lowest BCUT2D eigenvalue weighted by molar-refractivity contribution is 0.253. The van der Waals surface area contributed by atoms with Gasteiger partial charge in [0.1, 0.15) is 10.6 Å². The van der Waals surface area contributed by atoms with Gasteiger partial charge < -0.3 is 5.32 Å². The van der Waals surface area contributed by atoms with Crippen molar-refractivity contribution < 1.29 is 13.2 Å². The molecule has 2 amide bonds. The van der Waals surface area contributed by atoms with Crippen LogP contribution in [0.2, 0.25) is 0 Å². The lowest BCUT2D eigenvalue weighted by Gasteiger charge is -2.02. The smallest absolute Gasteiger partial charge is 0.304 e. The second kappa shape index (κ2) is 2.67. The van der Waals surface area contributed by atoms with Crippen molar-refractivity contribution in [3.8, 4) is 0 Å². The number of hydrogen-bond donors (Lipinski definition) is 1. The molecule has 1 aliphatic heterocycles. The van der Waals surface area contributed by atoms with Gasteiger partial charge in [0.15, 0.2) is 0 Å². The zero-order valence-corrected chi connectivity index (χ0v) is 7.13. The van der Waals surface area contributed by atoms with Gasteiger partial charge in [-0.2, -0.15) is 13.4 Å². The van der Waals surface area contributed by atoms with E-state index in [-0.39, 0.29) is 10.6 Å². The van der Waals surface area contributed by atoms with Crippen LogP contribution in [0.25, 0.3) is 0 Å². The van der Waals surface area contributed by atoms with Gasteiger partial charge in [0.05, 0.1) is 5.70 Å². The average molecular weight is 196 g/mol. The largest absolute Gasteiger partial charge is 0.346 e. The van der Waals surface area contributed by atoms with E-state index < -0.39 is 16.3 Å². The third-order valence-electron chi connectivity index (χ3n) is 1.63. The lowest BCUT2D eigenvalue weighted by atomic mass is 10.1. The Kier molecular flexibility index (Phi) is 1.63. The minimum Gasteiger partial charge on any atom is -0.304 e. The molecule has 1 N–H and O–H groups in total. The van der Waals surface area contributed by atoms with Gasteiger partial charge in [-0.15, -0.1) is 0 Å². The summed E-state index contributed by atoms with van der Waals surface area (Å²) in [4.78, 5) is 14.4. The number of rotatable bonds is 0. The molecule has 0 atom stereocenters. The van der Waals surface area contributed by atoms with Gasteiger partial charge in [0.25, 0.3) is 0 Å². The van der Waals surface area contributed by atoms with Crippen LogP contribution in [-0.2, 0) is 10.3 Å². The van der Waals surface area contributed by atoms with Crippen LogP contribution in [0.15, 0.2) is 28.9 Å². The zero-order valence-electron chi connectivity index (χ0n) is 6.31. The summed E-state index contributed by atoms with van der Waals surface area (Å²) in [6.07, 6.45) is 4.54. The van der Waals surface area contributed by atoms with Crippen LogP contribution in [0, 0.1) is 0 Å². The first kappa shape index (κ1) is 7.93. The van der Waals surface area contributed by atoms with Crippen LogP contribution < -0.4 is 5.32 Å². The van der Waals surface area contributed by atoms with Crippen molar-refractivity contribution in [2.24, 2.45) is 4.99 Å². The third kappa shape index (κ3) is 1.20. The minimum absolute atomic E-state index is 0.0378. The van der Waals surface area contributed by atoms with E-state index in [1.165, 1.54) is 6.08 Å². The molecule has 0 fully saturated rings. The standard InChI is InChI=1S/C7H4N2O3S/c10-7-8-4-2-1-3-5(13(11)12)6(4)9-7/h1-3H,(H,8,10). The Morgan fingerprint density at radius 2 is 2.15 bits per heavy atom. The van der Waals surface area contributed by atoms with Crippen molar-refractivity contribution >= 4 is 26.9 Å². The summed E-state index contributed by atoms with van der Waals surface area (Å²) in [5.74, 6) is 0. The van der Waals surface area contributed by atoms with Gasteiger partial charge in [-0.3, -0.25) is 0 Å². The lowest BCUT2D eigenvalue weighted by Crippen LogP contribution is -2.21. The summed E-state index contributed by atoms with van der Waals surface area (Å²) in [6.45, 7) is 0. The van der Waals surface area contributed by atoms with Crippen molar-refractivity contribution in [3.05, 3.63) is 23.9 Å². The number of nitrogens with one attached hydrogen (secondary N) is 1. The molecular weight excluding hydrogens is 192 g/mol. The molecule has 0 saturated carbocycles. The molecule has 0 aromatic rings. The van der Waals surface area contributed by atoms with Crippen LogP contribution >= 0.6 is 0 Å². The second-order valence-corrected chi connectivity index (χ2v) is 3.34. The highest BCUT2D eigenvalue weighted by Crippen LogP contribution is 2.10. The van der Waals surface area contributed by atoms with Crippen LogP contribution in [0.3, 0.4) is 0 Å². The highest BCUT2D eigenvalue weighted by molar-refractivity contribution is 7.75. The maximum absolute atomic E-state index is 10.8. The number of carbonyl (C=O) groups is 1. The Morgan fingerprint density at radius 1 is 1.38 bits per heavy atom. The maximum atomic E-state index is 10.8. The molecule has 6 heteroatoms. The molecule has 0 saturated heterocycles. The molecular formula is C7H4N2O3S. The number of urea groups is 1. The van der Waals surface area contributed by atoms with E-state index in [1.807, 2.05) is 0 Å². The van der Waals surface area contributed by atoms with E-state index in [0.717, 1.165) is 0 Å². The predicted octanol–water partition coefficient (Wildman–Crippen LogP) is -0.344. The number of allylic oxidation sites excluding steroid dienone is 4.